The van der Waals surface area contributed by atoms with Gasteiger partial charge in [-0.3, -0.25) is 4.79 Å². The molecular formula is C29H34N4O3. The largest absolute Gasteiger partial charge is 0.497 e. The van der Waals surface area contributed by atoms with Gasteiger partial charge in [-0.15, -0.1) is 0 Å². The normalized spacial score (nSPS) is 11.6. The van der Waals surface area contributed by atoms with Crippen LogP contribution in [-0.4, -0.2) is 31.6 Å². The molecule has 188 valence electrons. The van der Waals surface area contributed by atoms with Gasteiger partial charge in [0.05, 0.1) is 7.11 Å². The standard InChI is InChI=1S/C29H34N4O3/c1-21-6-14-24(15-7-21)31-28(34)27(5-3-4-20-30)33-29(35)32-25-16-10-22(11-17-25)8-9-23-12-18-26(36-2)19-13-23/h6-19,27H,3-5,20,30H2,1-2H3,(H,31,34)(H2,32,33,35)/t27-/m0/s1. The summed E-state index contributed by atoms with van der Waals surface area (Å²) in [7, 11) is 1.64. The molecule has 3 amide bonds. The number of methoxy groups -OCH3 is 1. The van der Waals surface area contributed by atoms with E-state index in [4.69, 9.17) is 10.5 Å². The van der Waals surface area contributed by atoms with E-state index in [2.05, 4.69) is 16.0 Å². The molecule has 3 aromatic rings. The average Bonchev–Trinajstić information content (AvgIpc) is 2.89. The Morgan fingerprint density at radius 1 is 0.833 bits per heavy atom. The molecule has 36 heavy (non-hydrogen) atoms. The lowest BCUT2D eigenvalue weighted by Gasteiger charge is -2.19. The molecule has 7 heteroatoms. The highest BCUT2D eigenvalue weighted by molar-refractivity contribution is 5.99. The molecule has 3 aromatic carbocycles. The Morgan fingerprint density at radius 2 is 1.39 bits per heavy atom. The third-order valence-electron chi connectivity index (χ3n) is 5.64. The molecule has 0 unspecified atom stereocenters. The predicted octanol–water partition coefficient (Wildman–Crippen LogP) is 5.43. The molecule has 1 atom stereocenters. The fourth-order valence-electron chi connectivity index (χ4n) is 3.54. The Hall–Kier alpha value is -4.10. The van der Waals surface area contributed by atoms with E-state index in [9.17, 15) is 9.59 Å². The number of urea groups is 1. The quantitative estimate of drug-likeness (QED) is 0.214. The molecule has 0 saturated heterocycles. The minimum atomic E-state index is -0.676. The van der Waals surface area contributed by atoms with Crippen molar-refractivity contribution < 1.29 is 14.3 Å². The van der Waals surface area contributed by atoms with Gasteiger partial charge in [0.15, 0.2) is 0 Å². The van der Waals surface area contributed by atoms with Crippen molar-refractivity contribution in [3.8, 4) is 5.75 Å². The summed E-state index contributed by atoms with van der Waals surface area (Å²) in [6, 6.07) is 21.7. The zero-order chi connectivity index (χ0) is 25.8. The van der Waals surface area contributed by atoms with E-state index in [1.807, 2.05) is 91.9 Å². The van der Waals surface area contributed by atoms with Crippen LogP contribution >= 0.6 is 0 Å². The van der Waals surface area contributed by atoms with Crippen LogP contribution in [0.3, 0.4) is 0 Å². The lowest BCUT2D eigenvalue weighted by molar-refractivity contribution is -0.118. The summed E-state index contributed by atoms with van der Waals surface area (Å²) in [6.45, 7) is 2.52. The number of carbonyl (C=O) groups excluding carboxylic acids is 2. The van der Waals surface area contributed by atoms with Crippen molar-refractivity contribution >= 4 is 35.5 Å². The van der Waals surface area contributed by atoms with Crippen LogP contribution in [0.25, 0.3) is 12.2 Å². The smallest absolute Gasteiger partial charge is 0.319 e. The fourth-order valence-corrected chi connectivity index (χ4v) is 3.54. The maximum Gasteiger partial charge on any atom is 0.319 e. The van der Waals surface area contributed by atoms with E-state index < -0.39 is 12.1 Å². The van der Waals surface area contributed by atoms with Crippen molar-refractivity contribution in [2.24, 2.45) is 5.73 Å². The van der Waals surface area contributed by atoms with Gasteiger partial charge in [0, 0.05) is 11.4 Å². The maximum atomic E-state index is 12.8. The molecule has 0 aliphatic carbocycles. The first kappa shape index (κ1) is 26.5. The summed E-state index contributed by atoms with van der Waals surface area (Å²) >= 11 is 0. The molecule has 0 aromatic heterocycles. The van der Waals surface area contributed by atoms with Crippen LogP contribution in [-0.2, 0) is 4.79 Å². The van der Waals surface area contributed by atoms with Crippen molar-refractivity contribution in [3.05, 3.63) is 89.5 Å². The number of aryl methyl sites for hydroxylation is 1. The van der Waals surface area contributed by atoms with Crippen LogP contribution in [0, 0.1) is 6.92 Å². The molecule has 7 nitrogen and oxygen atoms in total. The van der Waals surface area contributed by atoms with E-state index in [-0.39, 0.29) is 5.91 Å². The van der Waals surface area contributed by atoms with Crippen molar-refractivity contribution in [1.82, 2.24) is 5.32 Å². The number of hydrogen-bond acceptors (Lipinski definition) is 4. The van der Waals surface area contributed by atoms with Crippen LogP contribution in [0.5, 0.6) is 5.75 Å². The van der Waals surface area contributed by atoms with Gasteiger partial charge in [0.1, 0.15) is 11.8 Å². The molecule has 0 aliphatic rings. The van der Waals surface area contributed by atoms with Crippen LogP contribution < -0.4 is 26.4 Å². The van der Waals surface area contributed by atoms with Gasteiger partial charge in [-0.1, -0.05) is 54.1 Å². The van der Waals surface area contributed by atoms with Crippen LogP contribution in [0.15, 0.2) is 72.8 Å². The second kappa shape index (κ2) is 13.7. The van der Waals surface area contributed by atoms with Crippen LogP contribution in [0.4, 0.5) is 16.2 Å². The van der Waals surface area contributed by atoms with Crippen LogP contribution in [0.1, 0.15) is 36.0 Å². The van der Waals surface area contributed by atoms with Gasteiger partial charge in [-0.05, 0) is 80.3 Å². The first-order valence-corrected chi connectivity index (χ1v) is 12.0. The Morgan fingerprint density at radius 3 is 1.97 bits per heavy atom. The van der Waals surface area contributed by atoms with Crippen molar-refractivity contribution in [2.45, 2.75) is 32.2 Å². The molecule has 0 spiro atoms. The van der Waals surface area contributed by atoms with E-state index in [1.54, 1.807) is 7.11 Å². The number of hydrogen-bond donors (Lipinski definition) is 4. The van der Waals surface area contributed by atoms with Crippen molar-refractivity contribution in [3.63, 3.8) is 0 Å². The molecule has 0 aliphatic heterocycles. The Balaban J connectivity index is 1.57. The maximum absolute atomic E-state index is 12.8. The molecule has 0 saturated carbocycles. The lowest BCUT2D eigenvalue weighted by atomic mass is 10.1. The summed E-state index contributed by atoms with van der Waals surface area (Å²) < 4.78 is 5.18. The van der Waals surface area contributed by atoms with Crippen molar-refractivity contribution in [2.75, 3.05) is 24.3 Å². The Labute approximate surface area is 212 Å². The first-order valence-electron chi connectivity index (χ1n) is 12.0. The second-order valence-corrected chi connectivity index (χ2v) is 8.52. The predicted molar refractivity (Wildman–Crippen MR) is 147 cm³/mol. The number of nitrogens with two attached hydrogens (primary N) is 1. The number of amides is 3. The minimum Gasteiger partial charge on any atom is -0.497 e. The topological polar surface area (TPSA) is 105 Å². The van der Waals surface area contributed by atoms with Crippen LogP contribution in [0.2, 0.25) is 0 Å². The molecule has 0 bridgehead atoms. The van der Waals surface area contributed by atoms with Gasteiger partial charge in [-0.25, -0.2) is 4.79 Å². The van der Waals surface area contributed by atoms with E-state index in [0.717, 1.165) is 35.3 Å². The number of unbranched alkanes of at least 4 members (excludes halogenated alkanes) is 1. The molecule has 5 N–H and O–H groups in total. The Kier molecular flexibility index (Phi) is 10.1. The molecule has 0 radical (unpaired) electrons. The summed E-state index contributed by atoms with van der Waals surface area (Å²) in [4.78, 5) is 25.5. The Bertz CT molecular complexity index is 1140. The zero-order valence-electron chi connectivity index (χ0n) is 20.8. The third kappa shape index (κ3) is 8.60. The van der Waals surface area contributed by atoms with E-state index in [0.29, 0.717) is 24.3 Å². The van der Waals surface area contributed by atoms with E-state index >= 15 is 0 Å². The summed E-state index contributed by atoms with van der Waals surface area (Å²) in [5, 5.41) is 8.49. The zero-order valence-corrected chi connectivity index (χ0v) is 20.8. The number of rotatable bonds is 11. The van der Waals surface area contributed by atoms with Gasteiger partial charge in [0.25, 0.3) is 0 Å². The number of nitrogens with one attached hydrogen (secondary N) is 3. The minimum absolute atomic E-state index is 0.259. The highest BCUT2D eigenvalue weighted by Crippen LogP contribution is 2.16. The summed E-state index contributed by atoms with van der Waals surface area (Å²) in [6.07, 6.45) is 6.01. The highest BCUT2D eigenvalue weighted by atomic mass is 16.5. The van der Waals surface area contributed by atoms with E-state index in [1.165, 1.54) is 0 Å². The number of benzene rings is 3. The number of carbonyl (C=O) groups is 2. The molecular weight excluding hydrogens is 452 g/mol. The molecule has 0 heterocycles. The highest BCUT2D eigenvalue weighted by Gasteiger charge is 2.20. The second-order valence-electron chi connectivity index (χ2n) is 8.52. The van der Waals surface area contributed by atoms with Gasteiger partial charge in [-0.2, -0.15) is 0 Å². The summed E-state index contributed by atoms with van der Waals surface area (Å²) in [5.41, 5.74) is 10.1. The van der Waals surface area contributed by atoms with Gasteiger partial charge >= 0.3 is 6.03 Å². The van der Waals surface area contributed by atoms with Crippen molar-refractivity contribution in [1.29, 1.82) is 0 Å². The first-order chi connectivity index (χ1) is 17.5. The van der Waals surface area contributed by atoms with Gasteiger partial charge in [0.2, 0.25) is 5.91 Å². The lowest BCUT2D eigenvalue weighted by Crippen LogP contribution is -2.45. The number of ether oxygens (including phenoxy) is 1. The average molecular weight is 487 g/mol. The summed E-state index contributed by atoms with van der Waals surface area (Å²) in [5.74, 6) is 0.556. The van der Waals surface area contributed by atoms with Gasteiger partial charge < -0.3 is 26.4 Å². The molecule has 0 fully saturated rings. The third-order valence-corrected chi connectivity index (χ3v) is 5.64. The number of anilines is 2. The SMILES string of the molecule is COc1ccc(C=Cc2ccc(NC(=O)N[C@@H](CCCCN)C(=O)Nc3ccc(C)cc3)cc2)cc1. The fraction of sp³-hybridized carbons (Fsp3) is 0.241. The monoisotopic (exact) mass is 486 g/mol. The molecule has 3 rings (SSSR count).